The molecule has 0 aliphatic rings. The maximum atomic E-state index is 10.0. The second kappa shape index (κ2) is 4.85. The second-order valence-corrected chi connectivity index (χ2v) is 2.16. The smallest absolute Gasteiger partial charge is 0.330 e. The summed E-state index contributed by atoms with van der Waals surface area (Å²) in [6, 6.07) is 0. The molecule has 0 aliphatic heterocycles. The van der Waals surface area contributed by atoms with Crippen LogP contribution in [0.4, 0.5) is 0 Å². The molecule has 0 saturated heterocycles. The average molecular weight is 143 g/mol. The van der Waals surface area contributed by atoms with E-state index in [9.17, 15) is 4.79 Å². The number of hydrogen-bond acceptors (Lipinski definition) is 2. The predicted molar refractivity (Wildman–Crippen MR) is 39.4 cm³/mol. The van der Waals surface area contributed by atoms with E-state index in [1.54, 1.807) is 0 Å². The number of hydrogen-bond donors (Lipinski definition) is 2. The number of carboxylic acids is 1. The molecule has 0 spiro atoms. The summed E-state index contributed by atoms with van der Waals surface area (Å²) in [6.07, 6.45) is 3.72. The molecule has 0 bridgehead atoms. The minimum Gasteiger partial charge on any atom is -0.478 e. The van der Waals surface area contributed by atoms with E-state index in [0.717, 1.165) is 18.9 Å². The molecule has 0 aromatic carbocycles. The third-order valence-corrected chi connectivity index (χ3v) is 1.13. The highest BCUT2D eigenvalue weighted by atomic mass is 16.4. The summed E-state index contributed by atoms with van der Waals surface area (Å²) >= 11 is 0. The molecular formula is C7H13NO2. The van der Waals surface area contributed by atoms with Crippen LogP contribution in [0.5, 0.6) is 0 Å². The number of rotatable bonds is 4. The Balaban J connectivity index is 3.60. The highest BCUT2D eigenvalue weighted by Crippen LogP contribution is 1.99. The fraction of sp³-hybridized carbons (Fsp3) is 0.571. The van der Waals surface area contributed by atoms with Gasteiger partial charge in [0.1, 0.15) is 0 Å². The van der Waals surface area contributed by atoms with E-state index in [-0.39, 0.29) is 0 Å². The summed E-state index contributed by atoms with van der Waals surface area (Å²) in [4.78, 5) is 10.0. The van der Waals surface area contributed by atoms with Gasteiger partial charge in [-0.25, -0.2) is 4.79 Å². The Morgan fingerprint density at radius 2 is 2.30 bits per heavy atom. The highest BCUT2D eigenvalue weighted by molar-refractivity contribution is 5.80. The van der Waals surface area contributed by atoms with E-state index < -0.39 is 5.97 Å². The fourth-order valence-corrected chi connectivity index (χ4v) is 0.612. The van der Waals surface area contributed by atoms with Gasteiger partial charge in [0.2, 0.25) is 0 Å². The number of aliphatic carboxylic acids is 1. The number of nitrogens with two attached hydrogens (primary N) is 1. The molecular weight excluding hydrogens is 130 g/mol. The van der Waals surface area contributed by atoms with Gasteiger partial charge in [-0.1, -0.05) is 13.3 Å². The van der Waals surface area contributed by atoms with Gasteiger partial charge in [0.05, 0.1) is 0 Å². The van der Waals surface area contributed by atoms with E-state index in [4.69, 9.17) is 10.8 Å². The molecule has 0 saturated carbocycles. The van der Waals surface area contributed by atoms with Gasteiger partial charge in [-0.05, 0) is 12.8 Å². The third kappa shape index (κ3) is 5.15. The molecule has 0 rings (SSSR count). The molecule has 0 radical (unpaired) electrons. The molecule has 0 aromatic heterocycles. The molecule has 0 unspecified atom stereocenters. The third-order valence-electron chi connectivity index (χ3n) is 1.13. The SMILES string of the molecule is CCCC/C(N)=C/C(=O)O. The first-order valence-corrected chi connectivity index (χ1v) is 3.35. The molecule has 3 heteroatoms. The van der Waals surface area contributed by atoms with Crippen LogP contribution in [0.3, 0.4) is 0 Å². The zero-order valence-corrected chi connectivity index (χ0v) is 6.13. The molecule has 0 aromatic rings. The van der Waals surface area contributed by atoms with Crippen LogP contribution in [0.25, 0.3) is 0 Å². The van der Waals surface area contributed by atoms with Crippen molar-refractivity contribution in [3.05, 3.63) is 11.8 Å². The molecule has 0 aliphatic carbocycles. The van der Waals surface area contributed by atoms with Crippen molar-refractivity contribution in [2.75, 3.05) is 0 Å². The summed E-state index contributed by atoms with van der Waals surface area (Å²) in [5, 5.41) is 8.23. The number of carbonyl (C=O) groups is 1. The van der Waals surface area contributed by atoms with E-state index in [2.05, 4.69) is 0 Å². The van der Waals surface area contributed by atoms with Crippen molar-refractivity contribution in [1.29, 1.82) is 0 Å². The Kier molecular flexibility index (Phi) is 4.37. The molecule has 0 atom stereocenters. The highest BCUT2D eigenvalue weighted by Gasteiger charge is 1.93. The van der Waals surface area contributed by atoms with Crippen LogP contribution in [-0.2, 0) is 4.79 Å². The Morgan fingerprint density at radius 3 is 2.70 bits per heavy atom. The zero-order chi connectivity index (χ0) is 7.98. The van der Waals surface area contributed by atoms with Crippen LogP contribution < -0.4 is 5.73 Å². The summed E-state index contributed by atoms with van der Waals surface area (Å²) in [5.74, 6) is -0.964. The predicted octanol–water partition coefficient (Wildman–Crippen LogP) is 1.10. The molecule has 10 heavy (non-hydrogen) atoms. The average Bonchev–Trinajstić information content (AvgIpc) is 1.82. The van der Waals surface area contributed by atoms with Crippen LogP contribution in [0.2, 0.25) is 0 Å². The first-order valence-electron chi connectivity index (χ1n) is 3.35. The molecule has 0 amide bonds. The van der Waals surface area contributed by atoms with Gasteiger partial charge in [-0.3, -0.25) is 0 Å². The van der Waals surface area contributed by atoms with Crippen molar-refractivity contribution in [3.63, 3.8) is 0 Å². The normalized spacial score (nSPS) is 11.5. The van der Waals surface area contributed by atoms with Gasteiger partial charge in [0, 0.05) is 11.8 Å². The van der Waals surface area contributed by atoms with E-state index in [0.29, 0.717) is 12.1 Å². The van der Waals surface area contributed by atoms with Crippen molar-refractivity contribution in [3.8, 4) is 0 Å². The lowest BCUT2D eigenvalue weighted by Gasteiger charge is -1.95. The molecule has 3 N–H and O–H groups in total. The van der Waals surface area contributed by atoms with E-state index in [1.807, 2.05) is 6.92 Å². The molecule has 0 fully saturated rings. The van der Waals surface area contributed by atoms with E-state index in [1.165, 1.54) is 0 Å². The number of carboxylic acid groups (broad SMARTS) is 1. The summed E-state index contributed by atoms with van der Waals surface area (Å²) < 4.78 is 0. The molecule has 0 heterocycles. The van der Waals surface area contributed by atoms with Gasteiger partial charge in [-0.15, -0.1) is 0 Å². The van der Waals surface area contributed by atoms with Crippen LogP contribution >= 0.6 is 0 Å². The van der Waals surface area contributed by atoms with Crippen LogP contribution in [0, 0.1) is 0 Å². The van der Waals surface area contributed by atoms with Crippen LogP contribution in [0.1, 0.15) is 26.2 Å². The minimum absolute atomic E-state index is 0.453. The topological polar surface area (TPSA) is 63.3 Å². The van der Waals surface area contributed by atoms with Gasteiger partial charge in [0.25, 0.3) is 0 Å². The molecule has 3 nitrogen and oxygen atoms in total. The van der Waals surface area contributed by atoms with Gasteiger partial charge in [-0.2, -0.15) is 0 Å². The fourth-order valence-electron chi connectivity index (χ4n) is 0.612. The van der Waals surface area contributed by atoms with E-state index >= 15 is 0 Å². The van der Waals surface area contributed by atoms with Crippen molar-refractivity contribution >= 4 is 5.97 Å². The summed E-state index contributed by atoms with van der Waals surface area (Å²) in [5.41, 5.74) is 5.79. The first-order chi connectivity index (χ1) is 4.66. The Hall–Kier alpha value is -0.990. The van der Waals surface area contributed by atoms with Crippen molar-refractivity contribution in [2.45, 2.75) is 26.2 Å². The number of allylic oxidation sites excluding steroid dienone is 1. The second-order valence-electron chi connectivity index (χ2n) is 2.16. The zero-order valence-electron chi connectivity index (χ0n) is 6.13. The monoisotopic (exact) mass is 143 g/mol. The van der Waals surface area contributed by atoms with Gasteiger partial charge >= 0.3 is 5.97 Å². The van der Waals surface area contributed by atoms with Crippen molar-refractivity contribution in [1.82, 2.24) is 0 Å². The van der Waals surface area contributed by atoms with Gasteiger partial charge in [0.15, 0.2) is 0 Å². The molecule has 58 valence electrons. The van der Waals surface area contributed by atoms with Gasteiger partial charge < -0.3 is 10.8 Å². The Bertz CT molecular complexity index is 141. The number of unbranched alkanes of at least 4 members (excludes halogenated alkanes) is 1. The summed E-state index contributed by atoms with van der Waals surface area (Å²) in [7, 11) is 0. The minimum atomic E-state index is -0.964. The maximum absolute atomic E-state index is 10.0. The van der Waals surface area contributed by atoms with Crippen molar-refractivity contribution in [2.24, 2.45) is 5.73 Å². The van der Waals surface area contributed by atoms with Crippen LogP contribution in [-0.4, -0.2) is 11.1 Å². The standard InChI is InChI=1S/C7H13NO2/c1-2-3-4-6(8)5-7(9)10/h5H,2-4,8H2,1H3,(H,9,10)/b6-5-. The Morgan fingerprint density at radius 1 is 1.70 bits per heavy atom. The maximum Gasteiger partial charge on any atom is 0.330 e. The Labute approximate surface area is 60.5 Å². The first kappa shape index (κ1) is 9.01. The quantitative estimate of drug-likeness (QED) is 0.579. The van der Waals surface area contributed by atoms with Crippen LogP contribution in [0.15, 0.2) is 11.8 Å². The van der Waals surface area contributed by atoms with Crippen molar-refractivity contribution < 1.29 is 9.90 Å². The lowest BCUT2D eigenvalue weighted by Crippen LogP contribution is -2.01. The summed E-state index contributed by atoms with van der Waals surface area (Å²) in [6.45, 7) is 2.04. The lowest BCUT2D eigenvalue weighted by atomic mass is 10.2. The largest absolute Gasteiger partial charge is 0.478 e. The lowest BCUT2D eigenvalue weighted by molar-refractivity contribution is -0.131.